The summed E-state index contributed by atoms with van der Waals surface area (Å²) in [6, 6.07) is 7.74. The number of carbonyl (C=O) groups is 1. The molecule has 1 saturated heterocycles. The number of nitrogens with one attached hydrogen (secondary N) is 1. The van der Waals surface area contributed by atoms with Crippen LogP contribution >= 0.6 is 11.8 Å². The Morgan fingerprint density at radius 1 is 1.33 bits per heavy atom. The van der Waals surface area contributed by atoms with E-state index in [-0.39, 0.29) is 28.7 Å². The Labute approximate surface area is 165 Å². The fraction of sp³-hybridized carbons (Fsp3) is 0.579. The molecule has 1 aliphatic rings. The van der Waals surface area contributed by atoms with Crippen LogP contribution in [-0.4, -0.2) is 46.7 Å². The average Bonchev–Trinajstić information content (AvgIpc) is 3.11. The third-order valence-electron chi connectivity index (χ3n) is 4.78. The smallest absolute Gasteiger partial charge is 0.233 e. The van der Waals surface area contributed by atoms with Crippen LogP contribution in [0.2, 0.25) is 0 Å². The molecule has 1 amide bonds. The number of hydrogen-bond donors (Lipinski definition) is 1. The summed E-state index contributed by atoms with van der Waals surface area (Å²) < 4.78 is 25.4. The Morgan fingerprint density at radius 3 is 2.74 bits per heavy atom. The van der Waals surface area contributed by atoms with Crippen LogP contribution in [0.25, 0.3) is 11.0 Å². The van der Waals surface area contributed by atoms with E-state index < -0.39 is 9.84 Å². The van der Waals surface area contributed by atoms with Gasteiger partial charge in [0, 0.05) is 12.6 Å². The lowest BCUT2D eigenvalue weighted by atomic mass is 10.1. The van der Waals surface area contributed by atoms with E-state index >= 15 is 0 Å². The van der Waals surface area contributed by atoms with Crippen molar-refractivity contribution in [2.24, 2.45) is 5.92 Å². The number of para-hydroxylation sites is 2. The molecule has 1 aromatic heterocycles. The first-order valence-electron chi connectivity index (χ1n) is 9.38. The fourth-order valence-corrected chi connectivity index (χ4v) is 5.82. The van der Waals surface area contributed by atoms with Gasteiger partial charge in [0.2, 0.25) is 5.91 Å². The maximum absolute atomic E-state index is 12.5. The van der Waals surface area contributed by atoms with Crippen LogP contribution in [0.15, 0.2) is 29.4 Å². The Balaban J connectivity index is 1.72. The Kier molecular flexibility index (Phi) is 6.15. The molecular weight excluding hydrogens is 382 g/mol. The average molecular weight is 410 g/mol. The maximum atomic E-state index is 12.5. The minimum atomic E-state index is -3.00. The molecule has 2 atom stereocenters. The second-order valence-electron chi connectivity index (χ2n) is 7.59. The molecule has 0 aliphatic carbocycles. The van der Waals surface area contributed by atoms with E-state index in [1.165, 1.54) is 11.8 Å². The summed E-state index contributed by atoms with van der Waals surface area (Å²) in [4.78, 5) is 17.3. The topological polar surface area (TPSA) is 81.1 Å². The van der Waals surface area contributed by atoms with Gasteiger partial charge in [-0.25, -0.2) is 13.4 Å². The van der Waals surface area contributed by atoms with Crippen LogP contribution in [0, 0.1) is 5.92 Å². The van der Waals surface area contributed by atoms with Crippen LogP contribution < -0.4 is 5.32 Å². The Hall–Kier alpha value is -1.54. The zero-order chi connectivity index (χ0) is 19.6. The van der Waals surface area contributed by atoms with Gasteiger partial charge < -0.3 is 9.88 Å². The maximum Gasteiger partial charge on any atom is 0.233 e. The van der Waals surface area contributed by atoms with Gasteiger partial charge in [-0.1, -0.05) is 37.7 Å². The normalized spacial score (nSPS) is 20.2. The molecule has 1 aliphatic heterocycles. The molecule has 8 heteroatoms. The zero-order valence-corrected chi connectivity index (χ0v) is 17.6. The number of nitrogens with zero attached hydrogens (tertiary/aromatic N) is 2. The molecule has 0 spiro atoms. The standard InChI is InChI=1S/C19H27N3O3S2/c1-13(2)8-10-22-17-7-5-4-6-16(17)21-19(22)26-14(3)18(23)20-15-9-11-27(24,25)12-15/h4-7,13-15H,8-12H2,1-3H3,(H,20,23). The second kappa shape index (κ2) is 8.22. The summed E-state index contributed by atoms with van der Waals surface area (Å²) in [5.74, 6) is 0.645. The van der Waals surface area contributed by atoms with E-state index in [1.54, 1.807) is 0 Å². The first kappa shape index (κ1) is 20.2. The zero-order valence-electron chi connectivity index (χ0n) is 16.0. The number of carbonyl (C=O) groups excluding carboxylic acids is 1. The molecule has 2 heterocycles. The van der Waals surface area contributed by atoms with Crippen molar-refractivity contribution in [2.45, 2.75) is 56.6 Å². The minimum Gasteiger partial charge on any atom is -0.351 e. The van der Waals surface area contributed by atoms with Crippen molar-refractivity contribution in [3.8, 4) is 0 Å². The summed E-state index contributed by atoms with van der Waals surface area (Å²) >= 11 is 1.43. The Morgan fingerprint density at radius 2 is 2.07 bits per heavy atom. The van der Waals surface area contributed by atoms with Crippen LogP contribution in [0.4, 0.5) is 0 Å². The van der Waals surface area contributed by atoms with E-state index in [4.69, 9.17) is 4.98 Å². The molecule has 3 rings (SSSR count). The third kappa shape index (κ3) is 5.04. The van der Waals surface area contributed by atoms with Crippen molar-refractivity contribution in [1.82, 2.24) is 14.9 Å². The number of amides is 1. The first-order valence-corrected chi connectivity index (χ1v) is 12.1. The van der Waals surface area contributed by atoms with Gasteiger partial charge in [0.25, 0.3) is 0 Å². The molecule has 0 bridgehead atoms. The highest BCUT2D eigenvalue weighted by atomic mass is 32.2. The molecule has 148 valence electrons. The van der Waals surface area contributed by atoms with E-state index in [1.807, 2.05) is 25.1 Å². The van der Waals surface area contributed by atoms with E-state index in [0.717, 1.165) is 29.2 Å². The highest BCUT2D eigenvalue weighted by molar-refractivity contribution is 8.00. The van der Waals surface area contributed by atoms with Crippen molar-refractivity contribution in [3.63, 3.8) is 0 Å². The number of thioether (sulfide) groups is 1. The van der Waals surface area contributed by atoms with Crippen LogP contribution in [0.3, 0.4) is 0 Å². The third-order valence-corrected chi connectivity index (χ3v) is 7.64. The molecule has 0 radical (unpaired) electrons. The SMILES string of the molecule is CC(C)CCn1c(SC(C)C(=O)NC2CCS(=O)(=O)C2)nc2ccccc21. The second-order valence-corrected chi connectivity index (χ2v) is 11.1. The number of sulfone groups is 1. The number of hydrogen-bond acceptors (Lipinski definition) is 5. The van der Waals surface area contributed by atoms with Crippen molar-refractivity contribution in [1.29, 1.82) is 0 Å². The molecule has 27 heavy (non-hydrogen) atoms. The molecule has 1 N–H and O–H groups in total. The summed E-state index contributed by atoms with van der Waals surface area (Å²) in [6.07, 6.45) is 1.53. The van der Waals surface area contributed by atoms with Crippen molar-refractivity contribution in [2.75, 3.05) is 11.5 Å². The van der Waals surface area contributed by atoms with Crippen LogP contribution in [0.5, 0.6) is 0 Å². The number of fused-ring (bicyclic) bond motifs is 1. The molecule has 2 unspecified atom stereocenters. The number of aromatic nitrogens is 2. The summed E-state index contributed by atoms with van der Waals surface area (Å²) in [7, 11) is -3.00. The van der Waals surface area contributed by atoms with Gasteiger partial charge in [0.1, 0.15) is 0 Å². The predicted molar refractivity (Wildman–Crippen MR) is 110 cm³/mol. The highest BCUT2D eigenvalue weighted by Crippen LogP contribution is 2.28. The molecule has 1 fully saturated rings. The van der Waals surface area contributed by atoms with E-state index in [9.17, 15) is 13.2 Å². The number of benzene rings is 1. The summed E-state index contributed by atoms with van der Waals surface area (Å²) in [6.45, 7) is 7.08. The van der Waals surface area contributed by atoms with Gasteiger partial charge in [-0.05, 0) is 37.8 Å². The lowest BCUT2D eigenvalue weighted by Crippen LogP contribution is -2.40. The van der Waals surface area contributed by atoms with Crippen LogP contribution in [-0.2, 0) is 21.2 Å². The van der Waals surface area contributed by atoms with Gasteiger partial charge in [0.05, 0.1) is 27.8 Å². The van der Waals surface area contributed by atoms with E-state index in [2.05, 4.69) is 29.8 Å². The number of imidazole rings is 1. The van der Waals surface area contributed by atoms with Gasteiger partial charge in [-0.15, -0.1) is 0 Å². The highest BCUT2D eigenvalue weighted by Gasteiger charge is 2.30. The summed E-state index contributed by atoms with van der Waals surface area (Å²) in [5.41, 5.74) is 2.01. The van der Waals surface area contributed by atoms with Crippen molar-refractivity contribution < 1.29 is 13.2 Å². The molecule has 6 nitrogen and oxygen atoms in total. The fourth-order valence-electron chi connectivity index (χ4n) is 3.19. The first-order chi connectivity index (χ1) is 12.7. The van der Waals surface area contributed by atoms with Crippen molar-refractivity contribution in [3.05, 3.63) is 24.3 Å². The van der Waals surface area contributed by atoms with Gasteiger partial charge >= 0.3 is 0 Å². The molecule has 0 saturated carbocycles. The molecule has 2 aromatic rings. The molecular formula is C19H27N3O3S2. The lowest BCUT2D eigenvalue weighted by Gasteiger charge is -2.16. The quantitative estimate of drug-likeness (QED) is 0.711. The largest absolute Gasteiger partial charge is 0.351 e. The molecule has 1 aromatic carbocycles. The van der Waals surface area contributed by atoms with Gasteiger partial charge in [-0.2, -0.15) is 0 Å². The van der Waals surface area contributed by atoms with Gasteiger partial charge in [-0.3, -0.25) is 4.79 Å². The number of aryl methyl sites for hydroxylation is 1. The Bertz CT molecular complexity index is 921. The predicted octanol–water partition coefficient (Wildman–Crippen LogP) is 2.87. The lowest BCUT2D eigenvalue weighted by molar-refractivity contribution is -0.120. The van der Waals surface area contributed by atoms with Crippen LogP contribution in [0.1, 0.15) is 33.6 Å². The monoisotopic (exact) mass is 409 g/mol. The summed E-state index contributed by atoms with van der Waals surface area (Å²) in [5, 5.41) is 3.37. The number of rotatable bonds is 7. The van der Waals surface area contributed by atoms with E-state index in [0.29, 0.717) is 12.3 Å². The van der Waals surface area contributed by atoms with Gasteiger partial charge in [0.15, 0.2) is 15.0 Å². The van der Waals surface area contributed by atoms with Crippen molar-refractivity contribution >= 4 is 38.5 Å². The minimum absolute atomic E-state index is 0.0447.